The molecule has 1 heteroatoms. The summed E-state index contributed by atoms with van der Waals surface area (Å²) in [7, 11) is 1.83. The van der Waals surface area contributed by atoms with Gasteiger partial charge in [-0.2, -0.15) is 0 Å². The maximum absolute atomic E-state index is 5.41. The lowest BCUT2D eigenvalue weighted by molar-refractivity contribution is 0.0436. The summed E-state index contributed by atoms with van der Waals surface area (Å²) in [4.78, 5) is 0. The van der Waals surface area contributed by atoms with E-state index in [4.69, 9.17) is 4.74 Å². The number of hydrogen-bond acceptors (Lipinski definition) is 1. The van der Waals surface area contributed by atoms with Gasteiger partial charge in [0.05, 0.1) is 6.10 Å². The Balaban J connectivity index is 3.76. The topological polar surface area (TPSA) is 9.23 Å². The minimum absolute atomic E-state index is 0.486. The summed E-state index contributed by atoms with van der Waals surface area (Å²) in [5.41, 5.74) is 0. The second-order valence-electron chi connectivity index (χ2n) is 3.14. The molecule has 0 N–H and O–H groups in total. The van der Waals surface area contributed by atoms with Crippen molar-refractivity contribution in [1.29, 1.82) is 0 Å². The van der Waals surface area contributed by atoms with Gasteiger partial charge in [-0.05, 0) is 18.8 Å². The largest absolute Gasteiger partial charge is 0.381 e. The minimum atomic E-state index is 0.486. The highest BCUT2D eigenvalue weighted by Gasteiger charge is 2.15. The second-order valence-corrected chi connectivity index (χ2v) is 3.14. The zero-order chi connectivity index (χ0) is 8.69. The van der Waals surface area contributed by atoms with E-state index in [2.05, 4.69) is 20.8 Å². The predicted molar refractivity (Wildman–Crippen MR) is 49.8 cm³/mol. The van der Waals surface area contributed by atoms with Gasteiger partial charge in [0.25, 0.3) is 0 Å². The third kappa shape index (κ3) is 3.76. The molecule has 1 unspecified atom stereocenters. The quantitative estimate of drug-likeness (QED) is 0.576. The molecule has 0 saturated carbocycles. The molecule has 0 aliphatic carbocycles. The van der Waals surface area contributed by atoms with Gasteiger partial charge in [-0.15, -0.1) is 0 Å². The SMILES string of the molecule is CCC[C@@H](CC)C(CC)OC. The molecule has 0 rings (SSSR count). The van der Waals surface area contributed by atoms with Crippen LogP contribution in [0.2, 0.25) is 0 Å². The Morgan fingerprint density at radius 1 is 1.09 bits per heavy atom. The highest BCUT2D eigenvalue weighted by Crippen LogP contribution is 2.19. The van der Waals surface area contributed by atoms with Crippen molar-refractivity contribution in [2.75, 3.05) is 7.11 Å². The average molecular weight is 158 g/mol. The van der Waals surface area contributed by atoms with Crippen LogP contribution in [0, 0.1) is 5.92 Å². The molecule has 0 aliphatic rings. The van der Waals surface area contributed by atoms with Gasteiger partial charge in [0.2, 0.25) is 0 Å². The molecule has 0 aromatic heterocycles. The van der Waals surface area contributed by atoms with E-state index in [1.54, 1.807) is 0 Å². The van der Waals surface area contributed by atoms with Crippen molar-refractivity contribution in [2.45, 2.75) is 52.6 Å². The van der Waals surface area contributed by atoms with Crippen LogP contribution in [-0.4, -0.2) is 13.2 Å². The summed E-state index contributed by atoms with van der Waals surface area (Å²) >= 11 is 0. The number of hydrogen-bond donors (Lipinski definition) is 0. The maximum atomic E-state index is 5.41. The van der Waals surface area contributed by atoms with Crippen molar-refractivity contribution in [3.05, 3.63) is 0 Å². The van der Waals surface area contributed by atoms with Crippen molar-refractivity contribution in [3.8, 4) is 0 Å². The normalized spacial score (nSPS) is 16.4. The Morgan fingerprint density at radius 2 is 1.73 bits per heavy atom. The number of methoxy groups -OCH3 is 1. The first-order chi connectivity index (χ1) is 5.29. The Kier molecular flexibility index (Phi) is 6.63. The van der Waals surface area contributed by atoms with E-state index in [0.717, 1.165) is 12.3 Å². The van der Waals surface area contributed by atoms with Crippen LogP contribution in [0.3, 0.4) is 0 Å². The smallest absolute Gasteiger partial charge is 0.0596 e. The Labute approximate surface area is 71.1 Å². The fraction of sp³-hybridized carbons (Fsp3) is 1.00. The first-order valence-electron chi connectivity index (χ1n) is 4.82. The molecule has 11 heavy (non-hydrogen) atoms. The molecule has 0 amide bonds. The van der Waals surface area contributed by atoms with E-state index in [1.807, 2.05) is 7.11 Å². The average Bonchev–Trinajstić information content (AvgIpc) is 2.05. The van der Waals surface area contributed by atoms with Crippen LogP contribution in [0.15, 0.2) is 0 Å². The Morgan fingerprint density at radius 3 is 2.00 bits per heavy atom. The monoisotopic (exact) mass is 158 g/mol. The molecule has 0 fully saturated rings. The highest BCUT2D eigenvalue weighted by molar-refractivity contribution is 4.66. The van der Waals surface area contributed by atoms with Crippen LogP contribution in [0.25, 0.3) is 0 Å². The van der Waals surface area contributed by atoms with Crippen LogP contribution >= 0.6 is 0 Å². The third-order valence-electron chi connectivity index (χ3n) is 2.41. The lowest BCUT2D eigenvalue weighted by Gasteiger charge is -2.23. The third-order valence-corrected chi connectivity index (χ3v) is 2.41. The van der Waals surface area contributed by atoms with Crippen LogP contribution in [0.1, 0.15) is 46.5 Å². The lowest BCUT2D eigenvalue weighted by atomic mass is 9.93. The van der Waals surface area contributed by atoms with Gasteiger partial charge >= 0.3 is 0 Å². The zero-order valence-electron chi connectivity index (χ0n) is 8.39. The molecular formula is C10H22O. The van der Waals surface area contributed by atoms with Gasteiger partial charge < -0.3 is 4.74 Å². The molecule has 0 aromatic rings. The Hall–Kier alpha value is -0.0400. The highest BCUT2D eigenvalue weighted by atomic mass is 16.5. The predicted octanol–water partition coefficient (Wildman–Crippen LogP) is 3.24. The van der Waals surface area contributed by atoms with Crippen LogP contribution in [0.4, 0.5) is 0 Å². The summed E-state index contributed by atoms with van der Waals surface area (Å²) in [6.07, 6.45) is 5.47. The van der Waals surface area contributed by atoms with Crippen molar-refractivity contribution >= 4 is 0 Å². The molecule has 0 aliphatic heterocycles. The standard InChI is InChI=1S/C10H22O/c1-5-8-9(6-2)10(7-3)11-4/h9-10H,5-8H2,1-4H3/t9-,10?/m1/s1. The maximum Gasteiger partial charge on any atom is 0.0596 e. The van der Waals surface area contributed by atoms with Gasteiger partial charge in [-0.25, -0.2) is 0 Å². The zero-order valence-corrected chi connectivity index (χ0v) is 8.39. The fourth-order valence-corrected chi connectivity index (χ4v) is 1.72. The summed E-state index contributed by atoms with van der Waals surface area (Å²) < 4.78 is 5.41. The first kappa shape index (κ1) is 11.0. The van der Waals surface area contributed by atoms with E-state index in [9.17, 15) is 0 Å². The van der Waals surface area contributed by atoms with Crippen molar-refractivity contribution < 1.29 is 4.74 Å². The van der Waals surface area contributed by atoms with Gasteiger partial charge in [-0.1, -0.05) is 33.6 Å². The minimum Gasteiger partial charge on any atom is -0.381 e. The van der Waals surface area contributed by atoms with E-state index < -0.39 is 0 Å². The van der Waals surface area contributed by atoms with Crippen molar-refractivity contribution in [1.82, 2.24) is 0 Å². The van der Waals surface area contributed by atoms with E-state index in [0.29, 0.717) is 6.10 Å². The summed E-state index contributed by atoms with van der Waals surface area (Å²) in [6, 6.07) is 0. The molecular weight excluding hydrogens is 136 g/mol. The van der Waals surface area contributed by atoms with Gasteiger partial charge in [-0.3, -0.25) is 0 Å². The van der Waals surface area contributed by atoms with Gasteiger partial charge in [0, 0.05) is 7.11 Å². The molecule has 0 spiro atoms. The first-order valence-corrected chi connectivity index (χ1v) is 4.82. The van der Waals surface area contributed by atoms with E-state index in [1.165, 1.54) is 19.3 Å². The second kappa shape index (κ2) is 6.66. The lowest BCUT2D eigenvalue weighted by Crippen LogP contribution is -2.21. The fourth-order valence-electron chi connectivity index (χ4n) is 1.72. The van der Waals surface area contributed by atoms with E-state index >= 15 is 0 Å². The van der Waals surface area contributed by atoms with Crippen molar-refractivity contribution in [2.24, 2.45) is 5.92 Å². The Bertz CT molecular complexity index is 76.9. The summed E-state index contributed by atoms with van der Waals surface area (Å²) in [5.74, 6) is 0.773. The van der Waals surface area contributed by atoms with Crippen molar-refractivity contribution in [3.63, 3.8) is 0 Å². The molecule has 1 nitrogen and oxygen atoms in total. The summed E-state index contributed by atoms with van der Waals surface area (Å²) in [6.45, 7) is 6.69. The molecule has 0 saturated heterocycles. The molecule has 0 aromatic carbocycles. The number of rotatable bonds is 6. The molecule has 68 valence electrons. The molecule has 0 heterocycles. The van der Waals surface area contributed by atoms with Crippen LogP contribution in [-0.2, 0) is 4.74 Å². The van der Waals surface area contributed by atoms with Gasteiger partial charge in [0.15, 0.2) is 0 Å². The number of ether oxygens (including phenoxy) is 1. The molecule has 0 bridgehead atoms. The van der Waals surface area contributed by atoms with Crippen LogP contribution in [0.5, 0.6) is 0 Å². The molecule has 0 radical (unpaired) electrons. The molecule has 2 atom stereocenters. The van der Waals surface area contributed by atoms with Crippen LogP contribution < -0.4 is 0 Å². The van der Waals surface area contributed by atoms with E-state index in [-0.39, 0.29) is 0 Å². The van der Waals surface area contributed by atoms with Gasteiger partial charge in [0.1, 0.15) is 0 Å². The summed E-state index contributed by atoms with van der Waals surface area (Å²) in [5, 5.41) is 0.